The Kier molecular flexibility index (Phi) is 9.11. The molecule has 0 saturated heterocycles. The van der Waals surface area contributed by atoms with E-state index in [1.165, 1.54) is 11.6 Å². The molecule has 0 aromatic heterocycles. The zero-order valence-corrected chi connectivity index (χ0v) is 23.4. The van der Waals surface area contributed by atoms with E-state index in [2.05, 4.69) is 32.9 Å². The number of aliphatic carboxylic acids is 1. The van der Waals surface area contributed by atoms with Crippen LogP contribution in [0.5, 0.6) is 11.5 Å². The molecule has 1 aliphatic carbocycles. The van der Waals surface area contributed by atoms with Crippen LogP contribution >= 0.6 is 0 Å². The summed E-state index contributed by atoms with van der Waals surface area (Å²) in [6.07, 6.45) is 7.11. The first-order valence-corrected chi connectivity index (χ1v) is 13.8. The van der Waals surface area contributed by atoms with Gasteiger partial charge in [-0.25, -0.2) is 4.39 Å². The average molecular weight is 531 g/mol. The van der Waals surface area contributed by atoms with Gasteiger partial charge in [0.1, 0.15) is 23.9 Å². The minimum absolute atomic E-state index is 0.0396. The van der Waals surface area contributed by atoms with E-state index in [-0.39, 0.29) is 23.6 Å². The summed E-state index contributed by atoms with van der Waals surface area (Å²) in [6, 6.07) is 18.7. The summed E-state index contributed by atoms with van der Waals surface area (Å²) in [5, 5.41) is 9.34. The second-order valence-electron chi connectivity index (χ2n) is 11.3. The molecule has 4 nitrogen and oxygen atoms in total. The summed E-state index contributed by atoms with van der Waals surface area (Å²) >= 11 is 0. The van der Waals surface area contributed by atoms with Crippen molar-refractivity contribution >= 4 is 11.5 Å². The summed E-state index contributed by atoms with van der Waals surface area (Å²) in [5.41, 5.74) is 5.85. The van der Waals surface area contributed by atoms with E-state index in [0.717, 1.165) is 54.4 Å². The molecule has 0 heterocycles. The van der Waals surface area contributed by atoms with Gasteiger partial charge in [0.15, 0.2) is 0 Å². The van der Waals surface area contributed by atoms with E-state index >= 15 is 4.39 Å². The quantitative estimate of drug-likeness (QED) is 0.269. The van der Waals surface area contributed by atoms with Crippen LogP contribution in [0.15, 0.2) is 66.7 Å². The van der Waals surface area contributed by atoms with Crippen molar-refractivity contribution in [3.8, 4) is 22.6 Å². The van der Waals surface area contributed by atoms with Crippen LogP contribution in [0.3, 0.4) is 0 Å². The first-order valence-electron chi connectivity index (χ1n) is 13.8. The predicted octanol–water partition coefficient (Wildman–Crippen LogP) is 9.03. The molecule has 5 heteroatoms. The molecule has 0 radical (unpaired) electrons. The van der Waals surface area contributed by atoms with Crippen LogP contribution in [0.25, 0.3) is 16.7 Å². The van der Waals surface area contributed by atoms with E-state index in [0.29, 0.717) is 23.7 Å². The smallest absolute Gasteiger partial charge is 0.303 e. The monoisotopic (exact) mass is 530 g/mol. The second kappa shape index (κ2) is 12.5. The first-order chi connectivity index (χ1) is 18.7. The van der Waals surface area contributed by atoms with E-state index in [1.807, 2.05) is 36.4 Å². The number of methoxy groups -OCH3 is 1. The van der Waals surface area contributed by atoms with Gasteiger partial charge < -0.3 is 14.6 Å². The molecule has 39 heavy (non-hydrogen) atoms. The molecule has 3 aromatic rings. The Morgan fingerprint density at radius 1 is 1.03 bits per heavy atom. The zero-order chi connectivity index (χ0) is 28.0. The topological polar surface area (TPSA) is 55.8 Å². The van der Waals surface area contributed by atoms with Crippen molar-refractivity contribution in [3.05, 3.63) is 89.2 Å². The summed E-state index contributed by atoms with van der Waals surface area (Å²) in [6.45, 7) is 6.98. The lowest BCUT2D eigenvalue weighted by atomic mass is 9.76. The van der Waals surface area contributed by atoms with Gasteiger partial charge in [-0.15, -0.1) is 0 Å². The molecule has 0 aliphatic heterocycles. The standard InChI is InChI=1S/C34H39FO4/c1-5-7-25(20-33(36)37)26-8-6-9-28(19-26)39-22-23-10-12-29(31-21-27(38-4)11-13-32(31)35)30(18-23)24-14-16-34(2,3)17-15-24/h6,8-14,18-19,21,25H,5,7,15-17,20,22H2,1-4H3,(H,36,37)/t25-/m1/s1. The van der Waals surface area contributed by atoms with Crippen LogP contribution in [-0.4, -0.2) is 18.2 Å². The van der Waals surface area contributed by atoms with Crippen LogP contribution in [-0.2, 0) is 11.4 Å². The number of allylic oxidation sites excluding steroid dienone is 2. The van der Waals surface area contributed by atoms with Gasteiger partial charge in [-0.2, -0.15) is 0 Å². The molecule has 4 rings (SSSR count). The molecule has 1 aliphatic rings. The summed E-state index contributed by atoms with van der Waals surface area (Å²) in [4.78, 5) is 11.4. The number of hydrogen-bond acceptors (Lipinski definition) is 3. The molecule has 3 aromatic carbocycles. The van der Waals surface area contributed by atoms with Crippen molar-refractivity contribution < 1.29 is 23.8 Å². The van der Waals surface area contributed by atoms with Crippen LogP contribution in [0.2, 0.25) is 0 Å². The number of benzene rings is 3. The van der Waals surface area contributed by atoms with Crippen LogP contribution in [0.4, 0.5) is 4.39 Å². The molecule has 0 fully saturated rings. The number of carboxylic acid groups (broad SMARTS) is 1. The lowest BCUT2D eigenvalue weighted by Gasteiger charge is -2.29. The maximum absolute atomic E-state index is 15.0. The molecule has 1 atom stereocenters. The molecule has 0 spiro atoms. The number of ether oxygens (including phenoxy) is 2. The summed E-state index contributed by atoms with van der Waals surface area (Å²) in [5.74, 6) is 0.217. The number of halogens is 1. The highest BCUT2D eigenvalue weighted by Crippen LogP contribution is 2.42. The van der Waals surface area contributed by atoms with Crippen LogP contribution < -0.4 is 9.47 Å². The van der Waals surface area contributed by atoms with Crippen LogP contribution in [0.1, 0.15) is 81.9 Å². The molecule has 0 bridgehead atoms. The fraction of sp³-hybridized carbons (Fsp3) is 0.382. The maximum Gasteiger partial charge on any atom is 0.303 e. The zero-order valence-electron chi connectivity index (χ0n) is 23.4. The van der Waals surface area contributed by atoms with Gasteiger partial charge in [-0.3, -0.25) is 4.79 Å². The summed E-state index contributed by atoms with van der Waals surface area (Å²) < 4.78 is 26.6. The van der Waals surface area contributed by atoms with Crippen molar-refractivity contribution in [1.82, 2.24) is 0 Å². The largest absolute Gasteiger partial charge is 0.497 e. The highest BCUT2D eigenvalue weighted by Gasteiger charge is 2.24. The fourth-order valence-corrected chi connectivity index (χ4v) is 5.31. The van der Waals surface area contributed by atoms with Gasteiger partial charge >= 0.3 is 5.97 Å². The molecule has 0 amide bonds. The summed E-state index contributed by atoms with van der Waals surface area (Å²) in [7, 11) is 1.59. The Morgan fingerprint density at radius 3 is 2.54 bits per heavy atom. The number of carboxylic acids is 1. The molecule has 206 valence electrons. The molecular weight excluding hydrogens is 491 g/mol. The van der Waals surface area contributed by atoms with E-state index in [9.17, 15) is 9.90 Å². The van der Waals surface area contributed by atoms with Gasteiger partial charge in [0.2, 0.25) is 0 Å². The first kappa shape index (κ1) is 28.4. The van der Waals surface area contributed by atoms with E-state index < -0.39 is 5.97 Å². The maximum atomic E-state index is 15.0. The fourth-order valence-electron chi connectivity index (χ4n) is 5.31. The van der Waals surface area contributed by atoms with Gasteiger partial charge in [0.05, 0.1) is 13.5 Å². The average Bonchev–Trinajstić information content (AvgIpc) is 2.92. The third-order valence-electron chi connectivity index (χ3n) is 7.66. The molecule has 0 unspecified atom stereocenters. The SMILES string of the molecule is CCC[C@H](CC(=O)O)c1cccc(OCc2ccc(-c3cc(OC)ccc3F)c(C3=CCC(C)(C)CC3)c2)c1. The van der Waals surface area contributed by atoms with Gasteiger partial charge in [0.25, 0.3) is 0 Å². The lowest BCUT2D eigenvalue weighted by molar-refractivity contribution is -0.137. The highest BCUT2D eigenvalue weighted by atomic mass is 19.1. The Bertz CT molecular complexity index is 1340. The van der Waals surface area contributed by atoms with E-state index in [1.54, 1.807) is 19.2 Å². The Morgan fingerprint density at radius 2 is 1.85 bits per heavy atom. The molecule has 1 N–H and O–H groups in total. The van der Waals surface area contributed by atoms with E-state index in [4.69, 9.17) is 9.47 Å². The highest BCUT2D eigenvalue weighted by molar-refractivity contribution is 5.83. The van der Waals surface area contributed by atoms with Crippen LogP contribution in [0, 0.1) is 11.2 Å². The minimum atomic E-state index is -0.791. The Labute approximate surface area is 231 Å². The third-order valence-corrected chi connectivity index (χ3v) is 7.66. The van der Waals surface area contributed by atoms with Crippen molar-refractivity contribution in [2.45, 2.75) is 71.8 Å². The number of rotatable bonds is 11. The molecular formula is C34H39FO4. The van der Waals surface area contributed by atoms with Crippen molar-refractivity contribution in [3.63, 3.8) is 0 Å². The minimum Gasteiger partial charge on any atom is -0.497 e. The van der Waals surface area contributed by atoms with Crippen molar-refractivity contribution in [1.29, 1.82) is 0 Å². The second-order valence-corrected chi connectivity index (χ2v) is 11.3. The number of hydrogen-bond donors (Lipinski definition) is 1. The van der Waals surface area contributed by atoms with Gasteiger partial charge in [-0.05, 0) is 101 Å². The predicted molar refractivity (Wildman–Crippen MR) is 155 cm³/mol. The van der Waals surface area contributed by atoms with Crippen molar-refractivity contribution in [2.75, 3.05) is 7.11 Å². The Hall–Kier alpha value is -3.60. The van der Waals surface area contributed by atoms with Gasteiger partial charge in [-0.1, -0.05) is 57.5 Å². The van der Waals surface area contributed by atoms with Crippen molar-refractivity contribution in [2.24, 2.45) is 5.41 Å². The third kappa shape index (κ3) is 7.29. The normalized spacial score (nSPS) is 15.4. The molecule has 0 saturated carbocycles. The number of carbonyl (C=O) groups is 1. The van der Waals surface area contributed by atoms with Gasteiger partial charge in [0, 0.05) is 5.56 Å². The lowest BCUT2D eigenvalue weighted by Crippen LogP contribution is -2.14. The Balaban J connectivity index is 1.64.